The first-order valence-electron chi connectivity index (χ1n) is 5.10. The lowest BCUT2D eigenvalue weighted by molar-refractivity contribution is -0.137. The van der Waals surface area contributed by atoms with Crippen molar-refractivity contribution in [1.29, 1.82) is 0 Å². The van der Waals surface area contributed by atoms with Crippen LogP contribution in [0.1, 0.15) is 12.5 Å². The van der Waals surface area contributed by atoms with E-state index in [-0.39, 0.29) is 12.2 Å². The van der Waals surface area contributed by atoms with Crippen molar-refractivity contribution in [3.8, 4) is 0 Å². The van der Waals surface area contributed by atoms with Crippen LogP contribution < -0.4 is 0 Å². The van der Waals surface area contributed by atoms with Crippen LogP contribution in [0.15, 0.2) is 36.4 Å². The molecule has 1 aromatic carbocycles. The smallest absolute Gasteiger partial charge is 0.330 e. The van der Waals surface area contributed by atoms with E-state index < -0.39 is 17.6 Å². The largest absolute Gasteiger partial charge is 0.463 e. The van der Waals surface area contributed by atoms with Crippen LogP contribution in [0, 0.1) is 11.6 Å². The number of esters is 1. The Morgan fingerprint density at radius 3 is 2.53 bits per heavy atom. The molecule has 17 heavy (non-hydrogen) atoms. The van der Waals surface area contributed by atoms with Gasteiger partial charge in [0.25, 0.3) is 0 Å². The van der Waals surface area contributed by atoms with Crippen molar-refractivity contribution in [1.82, 2.24) is 0 Å². The fourth-order valence-electron chi connectivity index (χ4n) is 1.15. The molecule has 0 atom stereocenters. The van der Waals surface area contributed by atoms with E-state index in [1.165, 1.54) is 30.4 Å². The molecule has 0 fully saturated rings. The molecule has 0 saturated heterocycles. The molecule has 1 aromatic rings. The molecule has 0 amide bonds. The van der Waals surface area contributed by atoms with Gasteiger partial charge in [-0.1, -0.05) is 18.2 Å². The summed E-state index contributed by atoms with van der Waals surface area (Å²) in [6, 6.07) is 3.62. The zero-order chi connectivity index (χ0) is 12.7. The van der Waals surface area contributed by atoms with Crippen LogP contribution >= 0.6 is 0 Å². The molecule has 0 aromatic heterocycles. The van der Waals surface area contributed by atoms with E-state index in [4.69, 9.17) is 0 Å². The standard InChI is InChI=1S/C13H12F2O2/c1-2-17-13(16)9-4-3-6-10-11(14)7-5-8-12(10)15/h3-9H,2H2,1H3. The number of hydrogen-bond donors (Lipinski definition) is 0. The molecule has 0 aliphatic carbocycles. The minimum absolute atomic E-state index is 0.138. The number of carbonyl (C=O) groups excluding carboxylic acids is 1. The zero-order valence-electron chi connectivity index (χ0n) is 9.32. The highest BCUT2D eigenvalue weighted by Gasteiger charge is 2.03. The first-order valence-corrected chi connectivity index (χ1v) is 5.10. The number of allylic oxidation sites excluding steroid dienone is 2. The van der Waals surface area contributed by atoms with Gasteiger partial charge in [-0.2, -0.15) is 0 Å². The van der Waals surface area contributed by atoms with Crippen molar-refractivity contribution in [3.63, 3.8) is 0 Å². The van der Waals surface area contributed by atoms with Gasteiger partial charge in [0.1, 0.15) is 11.6 Å². The topological polar surface area (TPSA) is 26.3 Å². The van der Waals surface area contributed by atoms with Gasteiger partial charge in [0.05, 0.1) is 6.61 Å². The summed E-state index contributed by atoms with van der Waals surface area (Å²) in [5.41, 5.74) is -0.138. The summed E-state index contributed by atoms with van der Waals surface area (Å²) < 4.78 is 30.9. The van der Waals surface area contributed by atoms with Gasteiger partial charge < -0.3 is 4.74 Å². The average molecular weight is 238 g/mol. The molecule has 0 heterocycles. The quantitative estimate of drug-likeness (QED) is 0.457. The van der Waals surface area contributed by atoms with E-state index in [1.54, 1.807) is 6.92 Å². The van der Waals surface area contributed by atoms with Crippen molar-refractivity contribution in [2.45, 2.75) is 6.92 Å². The van der Waals surface area contributed by atoms with E-state index in [2.05, 4.69) is 4.74 Å². The maximum Gasteiger partial charge on any atom is 0.330 e. The Kier molecular flexibility index (Phi) is 5.07. The predicted molar refractivity (Wildman–Crippen MR) is 61.2 cm³/mol. The van der Waals surface area contributed by atoms with Gasteiger partial charge in [-0.05, 0) is 25.1 Å². The third-order valence-corrected chi connectivity index (χ3v) is 1.89. The van der Waals surface area contributed by atoms with Gasteiger partial charge in [0, 0.05) is 11.6 Å². The van der Waals surface area contributed by atoms with Crippen molar-refractivity contribution in [3.05, 3.63) is 53.6 Å². The molecule has 0 bridgehead atoms. The Bertz CT molecular complexity index is 430. The van der Waals surface area contributed by atoms with Crippen LogP contribution in [0.2, 0.25) is 0 Å². The minimum Gasteiger partial charge on any atom is -0.463 e. The third-order valence-electron chi connectivity index (χ3n) is 1.89. The van der Waals surface area contributed by atoms with Crippen LogP contribution in [0.5, 0.6) is 0 Å². The number of carbonyl (C=O) groups is 1. The second-order valence-corrected chi connectivity index (χ2v) is 3.11. The van der Waals surface area contributed by atoms with Crippen LogP contribution in [0.4, 0.5) is 8.78 Å². The molecule has 0 aliphatic rings. The summed E-state index contributed by atoms with van der Waals surface area (Å²) in [5.74, 6) is -1.79. The fraction of sp³-hybridized carbons (Fsp3) is 0.154. The monoisotopic (exact) mass is 238 g/mol. The molecule has 90 valence electrons. The highest BCUT2D eigenvalue weighted by Crippen LogP contribution is 2.13. The molecule has 1 rings (SSSR count). The van der Waals surface area contributed by atoms with E-state index >= 15 is 0 Å². The van der Waals surface area contributed by atoms with Crippen LogP contribution in [0.3, 0.4) is 0 Å². The minimum atomic E-state index is -0.647. The SMILES string of the molecule is CCOC(=O)C=CC=Cc1c(F)cccc1F. The van der Waals surface area contributed by atoms with Gasteiger partial charge in [0.15, 0.2) is 0 Å². The fourth-order valence-corrected chi connectivity index (χ4v) is 1.15. The first kappa shape index (κ1) is 13.1. The summed E-state index contributed by atoms with van der Waals surface area (Å²) in [7, 11) is 0. The highest BCUT2D eigenvalue weighted by atomic mass is 19.1. The molecule has 0 N–H and O–H groups in total. The lowest BCUT2D eigenvalue weighted by Crippen LogP contribution is -1.98. The Hall–Kier alpha value is -1.97. The zero-order valence-corrected chi connectivity index (χ0v) is 9.32. The number of benzene rings is 1. The normalized spacial score (nSPS) is 11.2. The van der Waals surface area contributed by atoms with E-state index in [1.807, 2.05) is 0 Å². The van der Waals surface area contributed by atoms with Crippen LogP contribution in [0.25, 0.3) is 6.08 Å². The Balaban J connectivity index is 2.69. The number of halogens is 2. The second-order valence-electron chi connectivity index (χ2n) is 3.11. The number of rotatable bonds is 4. The van der Waals surface area contributed by atoms with Gasteiger partial charge in [0.2, 0.25) is 0 Å². The van der Waals surface area contributed by atoms with Crippen molar-refractivity contribution < 1.29 is 18.3 Å². The summed E-state index contributed by atoms with van der Waals surface area (Å²) in [6.45, 7) is 1.98. The Labute approximate surface area is 98.2 Å². The second kappa shape index (κ2) is 6.58. The van der Waals surface area contributed by atoms with Gasteiger partial charge in [-0.15, -0.1) is 0 Å². The van der Waals surface area contributed by atoms with Crippen LogP contribution in [-0.2, 0) is 9.53 Å². The molecule has 2 nitrogen and oxygen atoms in total. The summed E-state index contributed by atoms with van der Waals surface area (Å²) in [6.07, 6.45) is 5.17. The molecular formula is C13H12F2O2. The molecule has 0 saturated carbocycles. The van der Waals surface area contributed by atoms with Crippen molar-refractivity contribution in [2.24, 2.45) is 0 Å². The summed E-state index contributed by atoms with van der Waals surface area (Å²) in [5, 5.41) is 0. The lowest BCUT2D eigenvalue weighted by atomic mass is 10.2. The molecule has 0 spiro atoms. The van der Waals surface area contributed by atoms with E-state index in [0.29, 0.717) is 0 Å². The lowest BCUT2D eigenvalue weighted by Gasteiger charge is -1.97. The van der Waals surface area contributed by atoms with Crippen molar-refractivity contribution >= 4 is 12.0 Å². The Morgan fingerprint density at radius 1 is 1.29 bits per heavy atom. The van der Waals surface area contributed by atoms with Crippen LogP contribution in [-0.4, -0.2) is 12.6 Å². The maximum atomic E-state index is 13.2. The van der Waals surface area contributed by atoms with E-state index in [0.717, 1.165) is 12.1 Å². The molecule has 0 aliphatic heterocycles. The summed E-state index contributed by atoms with van der Waals surface area (Å²) in [4.78, 5) is 10.9. The number of ether oxygens (including phenoxy) is 1. The summed E-state index contributed by atoms with van der Waals surface area (Å²) >= 11 is 0. The average Bonchev–Trinajstić information content (AvgIpc) is 2.28. The molecule has 0 unspecified atom stereocenters. The molecule has 0 radical (unpaired) electrons. The van der Waals surface area contributed by atoms with Gasteiger partial charge in [-0.25, -0.2) is 13.6 Å². The van der Waals surface area contributed by atoms with Gasteiger partial charge in [-0.3, -0.25) is 0 Å². The van der Waals surface area contributed by atoms with E-state index in [9.17, 15) is 13.6 Å². The van der Waals surface area contributed by atoms with Gasteiger partial charge >= 0.3 is 5.97 Å². The molecular weight excluding hydrogens is 226 g/mol. The maximum absolute atomic E-state index is 13.2. The third kappa shape index (κ3) is 4.18. The molecule has 4 heteroatoms. The number of hydrogen-bond acceptors (Lipinski definition) is 2. The highest BCUT2D eigenvalue weighted by molar-refractivity contribution is 5.82. The predicted octanol–water partition coefficient (Wildman–Crippen LogP) is 3.10. The van der Waals surface area contributed by atoms with Crippen molar-refractivity contribution in [2.75, 3.05) is 6.61 Å². The Morgan fingerprint density at radius 2 is 1.94 bits per heavy atom. The first-order chi connectivity index (χ1) is 8.15.